The van der Waals surface area contributed by atoms with Crippen LogP contribution in [0.15, 0.2) is 12.3 Å². The molecule has 1 amide bonds. The number of aryl methyl sites for hydroxylation is 1. The summed E-state index contributed by atoms with van der Waals surface area (Å²) in [6.07, 6.45) is 6.34. The molecule has 3 heterocycles. The molecule has 1 fully saturated rings. The number of carbonyl (C=O) groups excluding carboxylic acids is 1. The van der Waals surface area contributed by atoms with Gasteiger partial charge in [0, 0.05) is 13.2 Å². The first-order chi connectivity index (χ1) is 13.6. The van der Waals surface area contributed by atoms with Crippen LogP contribution >= 0.6 is 11.3 Å². The molecule has 0 atom stereocenters. The van der Waals surface area contributed by atoms with Gasteiger partial charge in [-0.2, -0.15) is 10.1 Å². The first-order valence-corrected chi connectivity index (χ1v) is 10.1. The summed E-state index contributed by atoms with van der Waals surface area (Å²) in [7, 11) is 3.15. The molecule has 1 saturated carbocycles. The van der Waals surface area contributed by atoms with E-state index in [4.69, 9.17) is 9.47 Å². The highest BCUT2D eigenvalue weighted by Crippen LogP contribution is 2.36. The number of methoxy groups -OCH3 is 2. The topological polar surface area (TPSA) is 91.2 Å². The number of amides is 1. The summed E-state index contributed by atoms with van der Waals surface area (Å²) in [5.41, 5.74) is 0.810. The van der Waals surface area contributed by atoms with Gasteiger partial charge in [0.1, 0.15) is 17.3 Å². The highest BCUT2D eigenvalue weighted by Gasteiger charge is 2.24. The van der Waals surface area contributed by atoms with Crippen LogP contribution < -0.4 is 10.1 Å². The largest absolute Gasteiger partial charge is 0.480 e. The fourth-order valence-electron chi connectivity index (χ4n) is 3.73. The third kappa shape index (κ3) is 3.35. The van der Waals surface area contributed by atoms with E-state index in [1.807, 2.05) is 17.7 Å². The minimum Gasteiger partial charge on any atom is -0.480 e. The molecule has 1 aliphatic rings. The van der Waals surface area contributed by atoms with E-state index in [9.17, 15) is 4.79 Å². The lowest BCUT2D eigenvalue weighted by molar-refractivity contribution is 0.102. The van der Waals surface area contributed by atoms with E-state index in [0.29, 0.717) is 27.5 Å². The Morgan fingerprint density at radius 1 is 1.32 bits per heavy atom. The Morgan fingerprint density at radius 3 is 2.82 bits per heavy atom. The van der Waals surface area contributed by atoms with Gasteiger partial charge in [-0.05, 0) is 25.3 Å². The molecule has 9 heteroatoms. The van der Waals surface area contributed by atoms with Crippen LogP contribution in [-0.4, -0.2) is 39.9 Å². The van der Waals surface area contributed by atoms with Crippen LogP contribution in [0, 0.1) is 6.92 Å². The van der Waals surface area contributed by atoms with Crippen molar-refractivity contribution in [3.8, 4) is 5.88 Å². The number of hydrogen-bond donors (Lipinski definition) is 1. The van der Waals surface area contributed by atoms with Crippen LogP contribution in [0.25, 0.3) is 10.2 Å². The molecule has 0 unspecified atom stereocenters. The van der Waals surface area contributed by atoms with Gasteiger partial charge in [-0.3, -0.25) is 4.79 Å². The lowest BCUT2D eigenvalue weighted by Crippen LogP contribution is -2.17. The maximum absolute atomic E-state index is 13.0. The Balaban J connectivity index is 1.66. The zero-order chi connectivity index (χ0) is 19.7. The van der Waals surface area contributed by atoms with E-state index in [-0.39, 0.29) is 12.5 Å². The molecule has 148 valence electrons. The number of ether oxygens (including phenoxy) is 2. The van der Waals surface area contributed by atoms with Crippen LogP contribution in [0.2, 0.25) is 0 Å². The van der Waals surface area contributed by atoms with Gasteiger partial charge in [0.15, 0.2) is 5.82 Å². The van der Waals surface area contributed by atoms with Crippen LogP contribution in [0.3, 0.4) is 0 Å². The van der Waals surface area contributed by atoms with Gasteiger partial charge in [0.25, 0.3) is 5.91 Å². The Hall–Kier alpha value is -2.52. The van der Waals surface area contributed by atoms with Crippen molar-refractivity contribution >= 4 is 33.3 Å². The summed E-state index contributed by atoms with van der Waals surface area (Å²) in [4.78, 5) is 23.2. The summed E-state index contributed by atoms with van der Waals surface area (Å²) in [5, 5.41) is 8.21. The molecule has 1 N–H and O–H groups in total. The van der Waals surface area contributed by atoms with E-state index in [0.717, 1.165) is 29.6 Å². The van der Waals surface area contributed by atoms with Gasteiger partial charge < -0.3 is 14.8 Å². The van der Waals surface area contributed by atoms with Crippen molar-refractivity contribution in [3.05, 3.63) is 28.5 Å². The van der Waals surface area contributed by atoms with Crippen molar-refractivity contribution < 1.29 is 14.3 Å². The number of nitrogens with zero attached hydrogens (tertiary/aromatic N) is 4. The molecule has 28 heavy (non-hydrogen) atoms. The zero-order valence-corrected chi connectivity index (χ0v) is 17.0. The SMILES string of the molecule is COCc1nc(OC)c2c(C)c(C(=O)Nc3ccnn3C3CCCC3)sc2n1. The van der Waals surface area contributed by atoms with Crippen LogP contribution in [0.4, 0.5) is 5.82 Å². The third-order valence-corrected chi connectivity index (χ3v) is 6.24. The molecule has 0 saturated heterocycles. The number of fused-ring (bicyclic) bond motifs is 1. The average molecular weight is 401 g/mol. The zero-order valence-electron chi connectivity index (χ0n) is 16.2. The van der Waals surface area contributed by atoms with Crippen LogP contribution in [0.1, 0.15) is 52.8 Å². The lowest BCUT2D eigenvalue weighted by atomic mass is 10.2. The lowest BCUT2D eigenvalue weighted by Gasteiger charge is -2.14. The highest BCUT2D eigenvalue weighted by molar-refractivity contribution is 7.20. The van der Waals surface area contributed by atoms with Crippen LogP contribution in [-0.2, 0) is 11.3 Å². The predicted molar refractivity (Wildman–Crippen MR) is 107 cm³/mol. The van der Waals surface area contributed by atoms with E-state index >= 15 is 0 Å². The number of nitrogens with one attached hydrogen (secondary N) is 1. The summed E-state index contributed by atoms with van der Waals surface area (Å²) >= 11 is 1.33. The second-order valence-corrected chi connectivity index (χ2v) is 7.87. The van der Waals surface area contributed by atoms with Crippen molar-refractivity contribution in [3.63, 3.8) is 0 Å². The molecule has 0 spiro atoms. The highest BCUT2D eigenvalue weighted by atomic mass is 32.1. The molecule has 0 bridgehead atoms. The van der Waals surface area contributed by atoms with Gasteiger partial charge in [0.05, 0.1) is 29.6 Å². The molecule has 3 aromatic heterocycles. The van der Waals surface area contributed by atoms with Gasteiger partial charge in [-0.15, -0.1) is 11.3 Å². The molecular formula is C19H23N5O3S. The molecule has 3 aromatic rings. The Kier molecular flexibility index (Phi) is 5.27. The number of rotatable bonds is 6. The van der Waals surface area contributed by atoms with Crippen molar-refractivity contribution in [2.75, 3.05) is 19.5 Å². The van der Waals surface area contributed by atoms with E-state index in [1.165, 1.54) is 24.2 Å². The maximum atomic E-state index is 13.0. The summed E-state index contributed by atoms with van der Waals surface area (Å²) in [6.45, 7) is 2.18. The second kappa shape index (κ2) is 7.84. The fourth-order valence-corrected chi connectivity index (χ4v) is 4.81. The number of carbonyl (C=O) groups is 1. The standard InChI is InChI=1S/C19H23N5O3S/c1-11-15-18(27-3)21-13(10-26-2)22-19(15)28-16(11)17(25)23-14-8-9-20-24(14)12-6-4-5-7-12/h8-9,12H,4-7,10H2,1-3H3,(H,23,25). The Bertz CT molecular complexity index is 1010. The molecule has 4 rings (SSSR count). The van der Waals surface area contributed by atoms with Gasteiger partial charge in [0.2, 0.25) is 5.88 Å². The normalized spacial score (nSPS) is 14.7. The van der Waals surface area contributed by atoms with Gasteiger partial charge in [-0.1, -0.05) is 12.8 Å². The maximum Gasteiger partial charge on any atom is 0.267 e. The van der Waals surface area contributed by atoms with Gasteiger partial charge in [-0.25, -0.2) is 9.67 Å². The quantitative estimate of drug-likeness (QED) is 0.677. The second-order valence-electron chi connectivity index (χ2n) is 6.87. The van der Waals surface area contributed by atoms with Crippen molar-refractivity contribution in [1.82, 2.24) is 19.7 Å². The number of hydrogen-bond acceptors (Lipinski definition) is 7. The third-order valence-electron chi connectivity index (χ3n) is 5.06. The predicted octanol–water partition coefficient (Wildman–Crippen LogP) is 3.72. The molecule has 0 radical (unpaired) electrons. The monoisotopic (exact) mass is 401 g/mol. The fraction of sp³-hybridized carbons (Fsp3) is 0.474. The molecule has 0 aliphatic heterocycles. The summed E-state index contributed by atoms with van der Waals surface area (Å²) < 4.78 is 12.5. The van der Waals surface area contributed by atoms with E-state index < -0.39 is 0 Å². The first kappa shape index (κ1) is 18.8. The number of anilines is 1. The average Bonchev–Trinajstić information content (AvgIpc) is 3.41. The molecule has 0 aromatic carbocycles. The van der Waals surface area contributed by atoms with Crippen molar-refractivity contribution in [1.29, 1.82) is 0 Å². The Labute approximate surface area is 166 Å². The van der Waals surface area contributed by atoms with E-state index in [2.05, 4.69) is 20.4 Å². The van der Waals surface area contributed by atoms with Gasteiger partial charge >= 0.3 is 0 Å². The summed E-state index contributed by atoms with van der Waals surface area (Å²) in [6, 6.07) is 2.20. The van der Waals surface area contributed by atoms with Crippen molar-refractivity contribution in [2.24, 2.45) is 0 Å². The Morgan fingerprint density at radius 2 is 2.11 bits per heavy atom. The summed E-state index contributed by atoms with van der Waals surface area (Å²) in [5.74, 6) is 1.54. The van der Waals surface area contributed by atoms with E-state index in [1.54, 1.807) is 20.4 Å². The number of aromatic nitrogens is 4. The smallest absolute Gasteiger partial charge is 0.267 e. The van der Waals surface area contributed by atoms with Crippen LogP contribution in [0.5, 0.6) is 5.88 Å². The minimum absolute atomic E-state index is 0.171. The minimum atomic E-state index is -0.171. The first-order valence-electron chi connectivity index (χ1n) is 9.30. The molecule has 8 nitrogen and oxygen atoms in total. The molecule has 1 aliphatic carbocycles. The van der Waals surface area contributed by atoms with Crippen molar-refractivity contribution in [2.45, 2.75) is 45.3 Å². The number of thiophene rings is 1. The molecular weight excluding hydrogens is 378 g/mol.